The van der Waals surface area contributed by atoms with E-state index < -0.39 is 0 Å². The normalized spacial score (nSPS) is 10.9. The molecule has 2 aromatic heterocycles. The molecule has 0 unspecified atom stereocenters. The maximum absolute atomic E-state index is 4.56. The maximum atomic E-state index is 4.56. The molecule has 0 aliphatic carbocycles. The van der Waals surface area contributed by atoms with Gasteiger partial charge in [-0.05, 0) is 57.0 Å². The quantitative estimate of drug-likeness (QED) is 0.779. The summed E-state index contributed by atoms with van der Waals surface area (Å²) in [5, 5.41) is 4.14. The van der Waals surface area contributed by atoms with Crippen molar-refractivity contribution in [2.24, 2.45) is 0 Å². The molecule has 2 heterocycles. The number of aromatic nitrogens is 4. The van der Waals surface area contributed by atoms with Gasteiger partial charge in [0.2, 0.25) is 11.9 Å². The van der Waals surface area contributed by atoms with Gasteiger partial charge >= 0.3 is 0 Å². The number of hydrogen-bond acceptors (Lipinski definition) is 5. The average molecular weight is 279 g/mol. The molecule has 0 saturated carbocycles. The van der Waals surface area contributed by atoms with E-state index in [1.54, 1.807) is 6.20 Å². The molecule has 3 aromatic rings. The van der Waals surface area contributed by atoms with Crippen molar-refractivity contribution < 1.29 is 0 Å². The van der Waals surface area contributed by atoms with Crippen LogP contribution >= 0.6 is 0 Å². The minimum atomic E-state index is 0.512. The third-order valence-corrected chi connectivity index (χ3v) is 3.52. The van der Waals surface area contributed by atoms with E-state index in [1.165, 1.54) is 11.1 Å². The monoisotopic (exact) mass is 279 g/mol. The molecule has 0 aliphatic rings. The molecule has 0 amide bonds. The molecule has 0 saturated heterocycles. The first kappa shape index (κ1) is 13.4. The van der Waals surface area contributed by atoms with Crippen LogP contribution in [0.15, 0.2) is 24.4 Å². The first-order valence-corrected chi connectivity index (χ1v) is 6.85. The van der Waals surface area contributed by atoms with E-state index in [-0.39, 0.29) is 0 Å². The first-order valence-electron chi connectivity index (χ1n) is 6.85. The SMILES string of the molecule is Cc1ccnc(Nc2nc(C)c3cc(C)c(C)cc3n2)n1. The standard InChI is InChI=1S/C16H17N5/c1-9-7-13-12(4)19-16(20-14(13)8-10(9)2)21-15-17-6-5-11(3)18-15/h5-8H,1-4H3,(H,17,18,19,20,21). The van der Waals surface area contributed by atoms with Crippen LogP contribution in [0.3, 0.4) is 0 Å². The minimum Gasteiger partial charge on any atom is -0.293 e. The Morgan fingerprint density at radius 2 is 1.62 bits per heavy atom. The lowest BCUT2D eigenvalue weighted by Crippen LogP contribution is -2.03. The summed E-state index contributed by atoms with van der Waals surface area (Å²) in [5.41, 5.74) is 5.24. The van der Waals surface area contributed by atoms with Crippen LogP contribution < -0.4 is 5.32 Å². The van der Waals surface area contributed by atoms with Crippen molar-refractivity contribution in [1.82, 2.24) is 19.9 Å². The van der Waals surface area contributed by atoms with Crippen LogP contribution in [-0.2, 0) is 0 Å². The zero-order chi connectivity index (χ0) is 15.0. The third-order valence-electron chi connectivity index (χ3n) is 3.52. The second-order valence-electron chi connectivity index (χ2n) is 5.23. The number of rotatable bonds is 2. The van der Waals surface area contributed by atoms with Crippen LogP contribution in [0.1, 0.15) is 22.5 Å². The number of anilines is 2. The molecule has 0 bridgehead atoms. The van der Waals surface area contributed by atoms with E-state index in [0.717, 1.165) is 22.3 Å². The summed E-state index contributed by atoms with van der Waals surface area (Å²) >= 11 is 0. The fourth-order valence-corrected chi connectivity index (χ4v) is 2.21. The Hall–Kier alpha value is -2.56. The van der Waals surface area contributed by atoms with Gasteiger partial charge in [0.15, 0.2) is 0 Å². The minimum absolute atomic E-state index is 0.512. The Bertz CT molecular complexity index is 826. The molecule has 0 atom stereocenters. The second-order valence-corrected chi connectivity index (χ2v) is 5.23. The van der Waals surface area contributed by atoms with Gasteiger partial charge in [-0.15, -0.1) is 0 Å². The van der Waals surface area contributed by atoms with Crippen LogP contribution in [0.2, 0.25) is 0 Å². The number of hydrogen-bond donors (Lipinski definition) is 1. The fourth-order valence-electron chi connectivity index (χ4n) is 2.21. The van der Waals surface area contributed by atoms with Gasteiger partial charge in [-0.1, -0.05) is 0 Å². The van der Waals surface area contributed by atoms with Crippen LogP contribution in [0.4, 0.5) is 11.9 Å². The molecule has 5 nitrogen and oxygen atoms in total. The third kappa shape index (κ3) is 2.67. The molecule has 1 N–H and O–H groups in total. The van der Waals surface area contributed by atoms with Crippen molar-refractivity contribution in [2.45, 2.75) is 27.7 Å². The van der Waals surface area contributed by atoms with Gasteiger partial charge in [-0.3, -0.25) is 5.32 Å². The molecular formula is C16H17N5. The van der Waals surface area contributed by atoms with E-state index in [2.05, 4.69) is 51.2 Å². The number of aryl methyl sites for hydroxylation is 4. The van der Waals surface area contributed by atoms with Gasteiger partial charge in [-0.2, -0.15) is 0 Å². The van der Waals surface area contributed by atoms with Crippen LogP contribution in [-0.4, -0.2) is 19.9 Å². The highest BCUT2D eigenvalue weighted by Crippen LogP contribution is 2.22. The molecule has 106 valence electrons. The largest absolute Gasteiger partial charge is 0.293 e. The Morgan fingerprint density at radius 3 is 2.38 bits per heavy atom. The summed E-state index contributed by atoms with van der Waals surface area (Å²) in [5.74, 6) is 1.03. The van der Waals surface area contributed by atoms with Crippen LogP contribution in [0.25, 0.3) is 10.9 Å². The second kappa shape index (κ2) is 5.09. The highest BCUT2D eigenvalue weighted by atomic mass is 15.2. The zero-order valence-corrected chi connectivity index (χ0v) is 12.6. The van der Waals surface area contributed by atoms with Crippen molar-refractivity contribution in [2.75, 3.05) is 5.32 Å². The molecule has 5 heteroatoms. The lowest BCUT2D eigenvalue weighted by Gasteiger charge is -2.09. The van der Waals surface area contributed by atoms with Gasteiger partial charge in [0.05, 0.1) is 11.2 Å². The molecular weight excluding hydrogens is 262 g/mol. The van der Waals surface area contributed by atoms with Gasteiger partial charge in [-0.25, -0.2) is 19.9 Å². The molecule has 0 fully saturated rings. The predicted octanol–water partition coefficient (Wildman–Crippen LogP) is 3.40. The average Bonchev–Trinajstić information content (AvgIpc) is 2.41. The highest BCUT2D eigenvalue weighted by Gasteiger charge is 2.07. The summed E-state index contributed by atoms with van der Waals surface area (Å²) in [6, 6.07) is 6.07. The van der Waals surface area contributed by atoms with Crippen molar-refractivity contribution in [3.8, 4) is 0 Å². The number of fused-ring (bicyclic) bond motifs is 1. The molecule has 3 rings (SSSR count). The van der Waals surface area contributed by atoms with Gasteiger partial charge in [0.1, 0.15) is 0 Å². The zero-order valence-electron chi connectivity index (χ0n) is 12.6. The smallest absolute Gasteiger partial charge is 0.230 e. The van der Waals surface area contributed by atoms with E-state index >= 15 is 0 Å². The van der Waals surface area contributed by atoms with Crippen molar-refractivity contribution in [1.29, 1.82) is 0 Å². The lowest BCUT2D eigenvalue weighted by molar-refractivity contribution is 1.07. The lowest BCUT2D eigenvalue weighted by atomic mass is 10.1. The Balaban J connectivity index is 2.06. The van der Waals surface area contributed by atoms with Gasteiger partial charge in [0.25, 0.3) is 0 Å². The van der Waals surface area contributed by atoms with Crippen molar-refractivity contribution >= 4 is 22.8 Å². The summed E-state index contributed by atoms with van der Waals surface area (Å²) in [7, 11) is 0. The Kier molecular flexibility index (Phi) is 3.25. The van der Waals surface area contributed by atoms with E-state index in [0.29, 0.717) is 11.9 Å². The number of nitrogens with zero attached hydrogens (tertiary/aromatic N) is 4. The topological polar surface area (TPSA) is 63.6 Å². The first-order chi connectivity index (χ1) is 10.0. The summed E-state index contributed by atoms with van der Waals surface area (Å²) < 4.78 is 0. The van der Waals surface area contributed by atoms with E-state index in [1.807, 2.05) is 19.9 Å². The number of nitrogens with one attached hydrogen (secondary N) is 1. The van der Waals surface area contributed by atoms with Gasteiger partial charge in [0, 0.05) is 17.3 Å². The van der Waals surface area contributed by atoms with E-state index in [4.69, 9.17) is 0 Å². The predicted molar refractivity (Wildman–Crippen MR) is 83.8 cm³/mol. The summed E-state index contributed by atoms with van der Waals surface area (Å²) in [6.07, 6.45) is 1.71. The number of benzene rings is 1. The van der Waals surface area contributed by atoms with Gasteiger partial charge < -0.3 is 0 Å². The highest BCUT2D eigenvalue weighted by molar-refractivity contribution is 5.83. The molecule has 0 aliphatic heterocycles. The summed E-state index contributed by atoms with van der Waals surface area (Å²) in [4.78, 5) is 17.5. The van der Waals surface area contributed by atoms with Crippen LogP contribution in [0, 0.1) is 27.7 Å². The Morgan fingerprint density at radius 1 is 0.857 bits per heavy atom. The fraction of sp³-hybridized carbons (Fsp3) is 0.250. The Labute approximate surface area is 123 Å². The molecule has 0 spiro atoms. The van der Waals surface area contributed by atoms with Crippen molar-refractivity contribution in [3.63, 3.8) is 0 Å². The maximum Gasteiger partial charge on any atom is 0.230 e. The van der Waals surface area contributed by atoms with E-state index in [9.17, 15) is 0 Å². The molecule has 0 radical (unpaired) electrons. The van der Waals surface area contributed by atoms with Crippen LogP contribution in [0.5, 0.6) is 0 Å². The molecule has 1 aromatic carbocycles. The summed E-state index contributed by atoms with van der Waals surface area (Å²) in [6.45, 7) is 8.09. The molecule has 21 heavy (non-hydrogen) atoms. The van der Waals surface area contributed by atoms with Crippen molar-refractivity contribution in [3.05, 3.63) is 46.9 Å².